The van der Waals surface area contributed by atoms with Crippen LogP contribution in [0, 0.1) is 3.57 Å². The van der Waals surface area contributed by atoms with Crippen LogP contribution in [-0.4, -0.2) is 10.1 Å². The van der Waals surface area contributed by atoms with Gasteiger partial charge in [-0.15, -0.1) is 0 Å². The Kier molecular flexibility index (Phi) is 4.53. The van der Waals surface area contributed by atoms with Crippen LogP contribution in [0.1, 0.15) is 17.4 Å². The second kappa shape index (κ2) is 5.93. The Morgan fingerprint density at radius 3 is 2.82 bits per heavy atom. The molecule has 1 unspecified atom stereocenters. The molecule has 2 nitrogen and oxygen atoms in total. The Morgan fingerprint density at radius 2 is 2.12 bits per heavy atom. The zero-order valence-electron chi connectivity index (χ0n) is 8.98. The molecule has 4 heteroatoms. The smallest absolute Gasteiger partial charge is 0.0856 e. The van der Waals surface area contributed by atoms with Gasteiger partial charge < -0.3 is 5.11 Å². The number of aromatic nitrogens is 1. The van der Waals surface area contributed by atoms with Gasteiger partial charge >= 0.3 is 0 Å². The van der Waals surface area contributed by atoms with Crippen LogP contribution in [0.15, 0.2) is 47.1 Å². The quantitative estimate of drug-likeness (QED) is 0.792. The second-order valence-corrected chi connectivity index (χ2v) is 5.81. The first-order valence-electron chi connectivity index (χ1n) is 5.20. The molecular formula is C13H11BrINO. The molecule has 1 atom stereocenters. The lowest BCUT2D eigenvalue weighted by Gasteiger charge is -2.12. The maximum absolute atomic E-state index is 10.2. The fraction of sp³-hybridized carbons (Fsp3) is 0.154. The van der Waals surface area contributed by atoms with E-state index in [0.29, 0.717) is 6.42 Å². The van der Waals surface area contributed by atoms with Gasteiger partial charge in [0.1, 0.15) is 0 Å². The van der Waals surface area contributed by atoms with Crippen molar-refractivity contribution < 1.29 is 5.11 Å². The molecular weight excluding hydrogens is 393 g/mol. The molecule has 1 aromatic heterocycles. The van der Waals surface area contributed by atoms with Crippen LogP contribution in [-0.2, 0) is 6.42 Å². The zero-order valence-corrected chi connectivity index (χ0v) is 12.7. The van der Waals surface area contributed by atoms with Crippen LogP contribution in [0.25, 0.3) is 0 Å². The fourth-order valence-corrected chi connectivity index (χ4v) is 2.62. The Balaban J connectivity index is 2.20. The van der Waals surface area contributed by atoms with E-state index in [9.17, 15) is 5.11 Å². The highest BCUT2D eigenvalue weighted by molar-refractivity contribution is 14.1. The summed E-state index contributed by atoms with van der Waals surface area (Å²) in [4.78, 5) is 4.22. The molecule has 0 saturated heterocycles. The lowest BCUT2D eigenvalue weighted by atomic mass is 10.0. The van der Waals surface area contributed by atoms with E-state index >= 15 is 0 Å². The molecule has 88 valence electrons. The third-order valence-corrected chi connectivity index (χ3v) is 3.84. The summed E-state index contributed by atoms with van der Waals surface area (Å²) in [6, 6.07) is 11.7. The van der Waals surface area contributed by atoms with Crippen molar-refractivity contribution >= 4 is 38.5 Å². The number of rotatable bonds is 3. The van der Waals surface area contributed by atoms with Crippen molar-refractivity contribution in [3.8, 4) is 0 Å². The molecule has 0 aliphatic heterocycles. The van der Waals surface area contributed by atoms with E-state index in [2.05, 4.69) is 43.5 Å². The van der Waals surface area contributed by atoms with E-state index in [1.165, 1.54) is 0 Å². The van der Waals surface area contributed by atoms with Gasteiger partial charge in [-0.2, -0.15) is 0 Å². The Labute approximate surface area is 122 Å². The summed E-state index contributed by atoms with van der Waals surface area (Å²) in [6.45, 7) is 0. The highest BCUT2D eigenvalue weighted by atomic mass is 127. The van der Waals surface area contributed by atoms with Gasteiger partial charge in [0.25, 0.3) is 0 Å². The van der Waals surface area contributed by atoms with Crippen LogP contribution >= 0.6 is 38.5 Å². The van der Waals surface area contributed by atoms with Gasteiger partial charge in [0.05, 0.1) is 6.10 Å². The van der Waals surface area contributed by atoms with Gasteiger partial charge in [-0.3, -0.25) is 4.98 Å². The lowest BCUT2D eigenvalue weighted by Crippen LogP contribution is -2.04. The number of aliphatic hydroxyl groups is 1. The summed E-state index contributed by atoms with van der Waals surface area (Å²) in [5, 5.41) is 10.2. The SMILES string of the molecule is OC(Cc1ccccn1)c1cc(I)ccc1Br. The van der Waals surface area contributed by atoms with Crippen molar-refractivity contribution in [1.29, 1.82) is 0 Å². The first-order valence-corrected chi connectivity index (χ1v) is 7.07. The van der Waals surface area contributed by atoms with Crippen molar-refractivity contribution in [1.82, 2.24) is 4.98 Å². The molecule has 0 aliphatic rings. The normalized spacial score (nSPS) is 12.4. The molecule has 1 N–H and O–H groups in total. The van der Waals surface area contributed by atoms with Crippen molar-refractivity contribution in [2.75, 3.05) is 0 Å². The number of hydrogen-bond acceptors (Lipinski definition) is 2. The summed E-state index contributed by atoms with van der Waals surface area (Å²) in [5.41, 5.74) is 1.80. The standard InChI is InChI=1S/C13H11BrINO/c14-12-5-4-9(15)7-11(12)13(17)8-10-3-1-2-6-16-10/h1-7,13,17H,8H2. The second-order valence-electron chi connectivity index (χ2n) is 3.71. The van der Waals surface area contributed by atoms with E-state index in [1.807, 2.05) is 36.4 Å². The van der Waals surface area contributed by atoms with Crippen molar-refractivity contribution in [2.24, 2.45) is 0 Å². The Morgan fingerprint density at radius 1 is 1.29 bits per heavy atom. The van der Waals surface area contributed by atoms with Crippen LogP contribution in [0.3, 0.4) is 0 Å². The van der Waals surface area contributed by atoms with Gasteiger partial charge in [0.15, 0.2) is 0 Å². The molecule has 0 saturated carbocycles. The minimum atomic E-state index is -0.533. The monoisotopic (exact) mass is 403 g/mol. The molecule has 2 aromatic rings. The van der Waals surface area contributed by atoms with Gasteiger partial charge in [-0.25, -0.2) is 0 Å². The summed E-state index contributed by atoms with van der Waals surface area (Å²) >= 11 is 5.70. The van der Waals surface area contributed by atoms with E-state index in [4.69, 9.17) is 0 Å². The maximum atomic E-state index is 10.2. The molecule has 0 bridgehead atoms. The first-order chi connectivity index (χ1) is 8.16. The third-order valence-electron chi connectivity index (χ3n) is 2.45. The minimum Gasteiger partial charge on any atom is -0.388 e. The molecule has 0 aliphatic carbocycles. The van der Waals surface area contributed by atoms with Crippen molar-refractivity contribution in [3.05, 3.63) is 61.9 Å². The van der Waals surface area contributed by atoms with E-state index in [-0.39, 0.29) is 0 Å². The van der Waals surface area contributed by atoms with E-state index < -0.39 is 6.10 Å². The van der Waals surface area contributed by atoms with Crippen molar-refractivity contribution in [3.63, 3.8) is 0 Å². The average molecular weight is 404 g/mol. The van der Waals surface area contributed by atoms with Crippen LogP contribution in [0.4, 0.5) is 0 Å². The number of halogens is 2. The van der Waals surface area contributed by atoms with Gasteiger partial charge in [-0.05, 0) is 58.5 Å². The molecule has 0 fully saturated rings. The first kappa shape index (κ1) is 13.0. The molecule has 0 radical (unpaired) electrons. The van der Waals surface area contributed by atoms with Crippen LogP contribution < -0.4 is 0 Å². The molecule has 17 heavy (non-hydrogen) atoms. The third kappa shape index (κ3) is 3.50. The molecule has 1 aromatic carbocycles. The fourth-order valence-electron chi connectivity index (χ4n) is 1.60. The largest absolute Gasteiger partial charge is 0.388 e. The lowest BCUT2D eigenvalue weighted by molar-refractivity contribution is 0.176. The number of hydrogen-bond donors (Lipinski definition) is 1. The molecule has 0 spiro atoms. The highest BCUT2D eigenvalue weighted by Gasteiger charge is 2.12. The predicted octanol–water partition coefficient (Wildman–Crippen LogP) is 3.72. The van der Waals surface area contributed by atoms with Gasteiger partial charge in [-0.1, -0.05) is 22.0 Å². The molecule has 0 amide bonds. The summed E-state index contributed by atoms with van der Waals surface area (Å²) in [6.07, 6.45) is 1.74. The van der Waals surface area contributed by atoms with Gasteiger partial charge in [0.2, 0.25) is 0 Å². The zero-order chi connectivity index (χ0) is 12.3. The Hall–Kier alpha value is -0.460. The Bertz CT molecular complexity index is 504. The minimum absolute atomic E-state index is 0.527. The number of benzene rings is 1. The average Bonchev–Trinajstić information content (AvgIpc) is 2.33. The summed E-state index contributed by atoms with van der Waals surface area (Å²) in [5.74, 6) is 0. The van der Waals surface area contributed by atoms with Crippen LogP contribution in [0.2, 0.25) is 0 Å². The summed E-state index contributed by atoms with van der Waals surface area (Å²) < 4.78 is 2.04. The van der Waals surface area contributed by atoms with E-state index in [1.54, 1.807) is 6.20 Å². The highest BCUT2D eigenvalue weighted by Crippen LogP contribution is 2.27. The maximum Gasteiger partial charge on any atom is 0.0856 e. The predicted molar refractivity (Wildman–Crippen MR) is 79.8 cm³/mol. The van der Waals surface area contributed by atoms with E-state index in [0.717, 1.165) is 19.3 Å². The van der Waals surface area contributed by atoms with Gasteiger partial charge in [0, 0.05) is 26.4 Å². The molecule has 2 rings (SSSR count). The topological polar surface area (TPSA) is 33.1 Å². The number of pyridine rings is 1. The molecule has 1 heterocycles. The van der Waals surface area contributed by atoms with Crippen LogP contribution in [0.5, 0.6) is 0 Å². The summed E-state index contributed by atoms with van der Waals surface area (Å²) in [7, 11) is 0. The van der Waals surface area contributed by atoms with Crippen molar-refractivity contribution in [2.45, 2.75) is 12.5 Å². The number of nitrogens with zero attached hydrogens (tertiary/aromatic N) is 1. The number of aliphatic hydroxyl groups excluding tert-OH is 1.